The molecule has 4 fully saturated rings. The SMILES string of the molecule is C[C@H](Oc1nc2c(F)c(Br)c(I)cc2c(N(C(=O)OC(C)(C)C)C2C3CC2N(C(=O)O)C3)c1[N+](=O)[O-])[C@@H]1CCCN1C. The monoisotopic (exact) mass is 763 g/mol. The molecular weight excluding hydrogens is 732 g/mol. The summed E-state index contributed by atoms with van der Waals surface area (Å²) in [6.07, 6.45) is -0.362. The Labute approximate surface area is 263 Å². The predicted octanol–water partition coefficient (Wildman–Crippen LogP) is 6.00. The van der Waals surface area contributed by atoms with Gasteiger partial charge in [-0.1, -0.05) is 0 Å². The number of halogens is 3. The van der Waals surface area contributed by atoms with E-state index in [4.69, 9.17) is 9.47 Å². The van der Waals surface area contributed by atoms with E-state index < -0.39 is 58.3 Å². The number of aromatic nitrogens is 1. The fourth-order valence-corrected chi connectivity index (χ4v) is 7.25. The number of hydrogen-bond acceptors (Lipinski definition) is 8. The zero-order valence-electron chi connectivity index (χ0n) is 23.8. The van der Waals surface area contributed by atoms with E-state index in [1.807, 2.05) is 29.6 Å². The number of carbonyl (C=O) groups is 2. The van der Waals surface area contributed by atoms with E-state index in [2.05, 4.69) is 25.8 Å². The number of carboxylic acid groups (broad SMARTS) is 1. The van der Waals surface area contributed by atoms with Gasteiger partial charge in [0.15, 0.2) is 5.82 Å². The largest absolute Gasteiger partial charge is 0.468 e. The topological polar surface area (TPSA) is 139 Å². The maximum absolute atomic E-state index is 15.9. The molecule has 1 saturated carbocycles. The standard InChI is InChI=1S/C27H32BrFIN5O7/c1-12(16-7-6-8-32(16)5)41-24-23(35(39)40)22(14-10-15(30)18(28)19(29)20(14)31-24)34(26(38)42-27(2,3)4)21-13-9-17(21)33(11-13)25(36)37/h10,12-13,16-17,21H,6-9,11H2,1-5H3,(H,36,37)/t12-,13?,16-,17?,21?/m0/s1. The van der Waals surface area contributed by atoms with Crippen molar-refractivity contribution in [3.63, 3.8) is 0 Å². The van der Waals surface area contributed by atoms with E-state index in [9.17, 15) is 24.8 Å². The van der Waals surface area contributed by atoms with Crippen molar-refractivity contribution >= 4 is 73.0 Å². The minimum Gasteiger partial charge on any atom is -0.468 e. The van der Waals surface area contributed by atoms with Crippen LogP contribution in [0, 0.1) is 25.4 Å². The van der Waals surface area contributed by atoms with Gasteiger partial charge in [-0.3, -0.25) is 19.9 Å². The van der Waals surface area contributed by atoms with Gasteiger partial charge in [0.05, 0.1) is 21.5 Å². The Morgan fingerprint density at radius 1 is 1.38 bits per heavy atom. The molecule has 3 unspecified atom stereocenters. The van der Waals surface area contributed by atoms with E-state index in [0.29, 0.717) is 9.99 Å². The lowest BCUT2D eigenvalue weighted by Gasteiger charge is -2.43. The zero-order valence-corrected chi connectivity index (χ0v) is 27.5. The number of carbonyl (C=O) groups excluding carboxylic acids is 1. The van der Waals surface area contributed by atoms with Gasteiger partial charge in [0.1, 0.15) is 22.9 Å². The summed E-state index contributed by atoms with van der Waals surface area (Å²) in [6.45, 7) is 7.77. The Morgan fingerprint density at radius 3 is 2.62 bits per heavy atom. The van der Waals surface area contributed by atoms with Crippen molar-refractivity contribution in [2.45, 2.75) is 76.8 Å². The van der Waals surface area contributed by atoms with Crippen molar-refractivity contribution in [1.29, 1.82) is 0 Å². The third-order valence-corrected chi connectivity index (χ3v) is 10.6. The summed E-state index contributed by atoms with van der Waals surface area (Å²) in [6, 6.07) is 0.0874. The number of anilines is 1. The smallest absolute Gasteiger partial charge is 0.415 e. The number of hydrogen-bond donors (Lipinski definition) is 1. The molecule has 1 aliphatic carbocycles. The van der Waals surface area contributed by atoms with Gasteiger partial charge in [-0.05, 0) is 105 Å². The number of rotatable bonds is 6. The van der Waals surface area contributed by atoms with Crippen molar-refractivity contribution in [2.75, 3.05) is 25.0 Å². The fourth-order valence-electron chi connectivity index (χ4n) is 6.40. The minimum atomic E-state index is -1.15. The lowest BCUT2D eigenvalue weighted by Crippen LogP contribution is -2.58. The highest BCUT2D eigenvalue weighted by molar-refractivity contribution is 14.1. The molecule has 2 amide bonds. The Hall–Kier alpha value is -2.53. The van der Waals surface area contributed by atoms with E-state index in [1.165, 1.54) is 11.0 Å². The molecule has 6 rings (SSSR count). The summed E-state index contributed by atoms with van der Waals surface area (Å²) >= 11 is 5.14. The number of nitro groups is 1. The van der Waals surface area contributed by atoms with Crippen molar-refractivity contribution in [1.82, 2.24) is 14.8 Å². The summed E-state index contributed by atoms with van der Waals surface area (Å²) in [7, 11) is 1.94. The second-order valence-electron chi connectivity index (χ2n) is 12.1. The summed E-state index contributed by atoms with van der Waals surface area (Å²) in [4.78, 5) is 47.0. The molecule has 15 heteroatoms. The average Bonchev–Trinajstić information content (AvgIpc) is 3.60. The number of pyridine rings is 1. The van der Waals surface area contributed by atoms with Crippen LogP contribution in [0.15, 0.2) is 10.5 Å². The van der Waals surface area contributed by atoms with Crippen LogP contribution in [0.1, 0.15) is 47.0 Å². The first-order valence-electron chi connectivity index (χ1n) is 13.6. The number of fused-ring (bicyclic) bond motifs is 2. The molecule has 0 spiro atoms. The molecule has 3 aliphatic heterocycles. The molecule has 4 heterocycles. The number of likely N-dealkylation sites (tertiary alicyclic amines) is 1. The van der Waals surface area contributed by atoms with Crippen molar-refractivity contribution in [3.8, 4) is 5.88 Å². The van der Waals surface area contributed by atoms with Gasteiger partial charge in [0, 0.05) is 27.5 Å². The molecule has 42 heavy (non-hydrogen) atoms. The summed E-state index contributed by atoms with van der Waals surface area (Å²) in [5.41, 5.74) is -2.03. The van der Waals surface area contributed by atoms with Crippen LogP contribution >= 0.6 is 38.5 Å². The molecule has 1 aromatic heterocycles. The molecule has 12 nitrogen and oxygen atoms in total. The summed E-state index contributed by atoms with van der Waals surface area (Å²) in [5, 5.41) is 22.7. The van der Waals surface area contributed by atoms with Gasteiger partial charge in [-0.2, -0.15) is 0 Å². The highest BCUT2D eigenvalue weighted by Gasteiger charge is 2.59. The lowest BCUT2D eigenvalue weighted by molar-refractivity contribution is -0.385. The minimum absolute atomic E-state index is 0.0174. The highest BCUT2D eigenvalue weighted by Crippen LogP contribution is 2.51. The zero-order chi connectivity index (χ0) is 30.8. The van der Waals surface area contributed by atoms with Crippen LogP contribution in [-0.2, 0) is 4.74 Å². The van der Waals surface area contributed by atoms with Gasteiger partial charge in [-0.15, -0.1) is 0 Å². The van der Waals surface area contributed by atoms with Gasteiger partial charge >= 0.3 is 17.9 Å². The maximum Gasteiger partial charge on any atom is 0.415 e. The van der Waals surface area contributed by atoms with Gasteiger partial charge in [0.25, 0.3) is 5.88 Å². The van der Waals surface area contributed by atoms with E-state index >= 15 is 4.39 Å². The Bertz CT molecular complexity index is 1470. The number of ether oxygens (including phenoxy) is 2. The second kappa shape index (κ2) is 11.2. The quantitative estimate of drug-likeness (QED) is 0.163. The molecule has 5 atom stereocenters. The molecule has 1 aromatic carbocycles. The molecular formula is C27H32BrFIN5O7. The fraction of sp³-hybridized carbons (Fsp3) is 0.593. The van der Waals surface area contributed by atoms with Crippen molar-refractivity contribution in [3.05, 3.63) is 30.0 Å². The van der Waals surface area contributed by atoms with Crippen LogP contribution in [-0.4, -0.2) is 87.0 Å². The Morgan fingerprint density at radius 2 is 2.07 bits per heavy atom. The predicted molar refractivity (Wildman–Crippen MR) is 164 cm³/mol. The molecule has 2 bridgehead atoms. The van der Waals surface area contributed by atoms with Crippen LogP contribution in [0.4, 0.5) is 25.4 Å². The van der Waals surface area contributed by atoms with E-state index in [0.717, 1.165) is 24.3 Å². The van der Waals surface area contributed by atoms with Crippen LogP contribution in [0.25, 0.3) is 10.9 Å². The van der Waals surface area contributed by atoms with Gasteiger partial charge in [0.2, 0.25) is 0 Å². The van der Waals surface area contributed by atoms with E-state index in [1.54, 1.807) is 27.7 Å². The molecule has 0 radical (unpaired) electrons. The summed E-state index contributed by atoms with van der Waals surface area (Å²) in [5.74, 6) is -1.48. The van der Waals surface area contributed by atoms with Crippen LogP contribution in [0.3, 0.4) is 0 Å². The second-order valence-corrected chi connectivity index (χ2v) is 14.1. The van der Waals surface area contributed by atoms with Gasteiger partial charge < -0.3 is 19.5 Å². The Balaban J connectivity index is 1.77. The third-order valence-electron chi connectivity index (χ3n) is 8.26. The number of nitrogens with zero attached hydrogens (tertiary/aromatic N) is 5. The first-order chi connectivity index (χ1) is 19.6. The van der Waals surface area contributed by atoms with Crippen LogP contribution in [0.5, 0.6) is 5.88 Å². The van der Waals surface area contributed by atoms with Crippen molar-refractivity contribution < 1.29 is 33.5 Å². The van der Waals surface area contributed by atoms with Gasteiger partial charge in [-0.25, -0.2) is 19.0 Å². The first kappa shape index (κ1) is 30.9. The molecule has 228 valence electrons. The molecule has 2 aromatic rings. The molecule has 3 saturated heterocycles. The molecule has 4 aliphatic rings. The number of likely N-dealkylation sites (N-methyl/N-ethyl adjacent to an activating group) is 1. The van der Waals surface area contributed by atoms with Crippen LogP contribution < -0.4 is 9.64 Å². The number of amides is 2. The van der Waals surface area contributed by atoms with E-state index in [-0.39, 0.29) is 39.6 Å². The number of benzene rings is 1. The summed E-state index contributed by atoms with van der Waals surface area (Å²) < 4.78 is 28.3. The first-order valence-corrected chi connectivity index (χ1v) is 15.5. The van der Waals surface area contributed by atoms with Crippen molar-refractivity contribution in [2.24, 2.45) is 5.92 Å². The molecule has 1 N–H and O–H groups in total. The lowest BCUT2D eigenvalue weighted by atomic mass is 9.78. The normalized spacial score (nSPS) is 24.4. The van der Waals surface area contributed by atoms with Crippen LogP contribution in [0.2, 0.25) is 0 Å². The maximum atomic E-state index is 15.9. The average molecular weight is 764 g/mol. The highest BCUT2D eigenvalue weighted by atomic mass is 127. The third kappa shape index (κ3) is 5.36. The Kier molecular flexibility index (Phi) is 8.24.